The molecule has 0 saturated carbocycles. The lowest BCUT2D eigenvalue weighted by molar-refractivity contribution is -0.266. The third-order valence-corrected chi connectivity index (χ3v) is 26.4. The first-order chi connectivity index (χ1) is 60.6. The number of ether oxygens (including phenoxy) is 6. The minimum atomic E-state index is -0.733. The highest BCUT2D eigenvalue weighted by molar-refractivity contribution is 5.77. The van der Waals surface area contributed by atoms with Gasteiger partial charge in [0.25, 0.3) is 0 Å². The van der Waals surface area contributed by atoms with Gasteiger partial charge < -0.3 is 33.3 Å². The topological polar surface area (TPSA) is 240 Å². The molecular weight excluding hydrogens is 1620 g/mol. The summed E-state index contributed by atoms with van der Waals surface area (Å²) in [5.74, 6) is 4.33. The van der Waals surface area contributed by atoms with Crippen molar-refractivity contribution in [2.75, 3.05) is 39.6 Å². The van der Waals surface area contributed by atoms with Gasteiger partial charge in [-0.25, -0.2) is 24.2 Å². The number of allylic oxidation sites excluding steroid dienone is 1. The molecule has 0 aromatic carbocycles. The van der Waals surface area contributed by atoms with Crippen molar-refractivity contribution >= 4 is 47.8 Å². The molecule has 0 fully saturated rings. The maximum absolute atomic E-state index is 13.4. The van der Waals surface area contributed by atoms with Crippen LogP contribution in [0.2, 0.25) is 0 Å². The molecule has 0 aliphatic rings. The van der Waals surface area contributed by atoms with Gasteiger partial charge in [0.15, 0.2) is 0 Å². The molecule has 0 aromatic rings. The minimum Gasteiger partial charge on any atom is -0.498 e. The van der Waals surface area contributed by atoms with Crippen LogP contribution < -0.4 is 0 Å². The fourth-order valence-corrected chi connectivity index (χ4v) is 16.6. The number of esters is 5. The maximum Gasteiger partial charge on any atom is 0.358 e. The van der Waals surface area contributed by atoms with Crippen LogP contribution in [-0.2, 0) is 81.4 Å². The third-order valence-electron chi connectivity index (χ3n) is 26.4. The fourth-order valence-electron chi connectivity index (χ4n) is 16.6. The summed E-state index contributed by atoms with van der Waals surface area (Å²) in [4.78, 5) is 116. The van der Waals surface area contributed by atoms with Crippen molar-refractivity contribution in [1.82, 2.24) is 0 Å². The number of carbonyl (C=O) groups is 8. The first kappa shape index (κ1) is 130. The van der Waals surface area contributed by atoms with Crippen LogP contribution in [0.1, 0.15) is 459 Å². The molecule has 0 rings (SSSR count). The normalized spacial score (nSPS) is 12.8. The lowest BCUT2D eigenvalue weighted by atomic mass is 9.76. The SMILES string of the molecule is C=C.C=C(OCCC(CC)(CCOC(=O)C(CCC(C)C)CCC(C)C)CCOC(=O)C(CCC(C)C)CCC(C)C)C(C(C)C)C(C)C.CCC(CCOC(=O)C(CCC(C)C)CCC(C)C)(CCOC(=O)C(CCC(C)C)CCC(C)C)CCOC(=O)C(CCC(C)C)CCC(C)C.CCCCC(CCC(C)C)C(=O)OOC(=O)C(CCCC)CCC(C)C(=O)OO. The summed E-state index contributed by atoms with van der Waals surface area (Å²) in [5.41, 5.74) is -0.439. The van der Waals surface area contributed by atoms with Crippen molar-refractivity contribution in [1.29, 1.82) is 0 Å². The van der Waals surface area contributed by atoms with Crippen molar-refractivity contribution in [2.24, 2.45) is 141 Å². The number of unbranched alkanes of at least 4 members (excludes halogenated alkanes) is 2. The van der Waals surface area contributed by atoms with Gasteiger partial charge in [0, 0.05) is 5.92 Å². The molecule has 0 aliphatic carbocycles. The molecule has 18 heteroatoms. The van der Waals surface area contributed by atoms with E-state index in [1.807, 2.05) is 6.92 Å². The highest BCUT2D eigenvalue weighted by Gasteiger charge is 2.36. The second-order valence-electron chi connectivity index (χ2n) is 43.9. The summed E-state index contributed by atoms with van der Waals surface area (Å²) in [6, 6.07) is 0. The Morgan fingerprint density at radius 1 is 0.248 bits per heavy atom. The lowest BCUT2D eigenvalue weighted by Crippen LogP contribution is -2.30. The summed E-state index contributed by atoms with van der Waals surface area (Å²) < 4.78 is 36.4. The molecule has 3 atom stereocenters. The van der Waals surface area contributed by atoms with E-state index >= 15 is 0 Å². The molecule has 0 spiro atoms. The molecule has 18 nitrogen and oxygen atoms in total. The second-order valence-corrected chi connectivity index (χ2v) is 43.9. The second kappa shape index (κ2) is 78.2. The highest BCUT2D eigenvalue weighted by atomic mass is 17.2. The van der Waals surface area contributed by atoms with Crippen molar-refractivity contribution in [3.63, 3.8) is 0 Å². The standard InChI is InChI=1S/C45H86O6.C42H80O5.C22H40O7.C2H4/c1-14-45(27-30-49-42(46)39(21-15-33(2)3)22-16-34(4)5,28-31-50-43(47)40(23-17-35(6)7)24-18-36(8)9)29-32-51-44(48)41(25-19-37(10)11)26-20-38(12)13;1-15-42(24-27-45-36(14)39(34(10)11)35(12)13,25-28-46-40(43)37(20-16-30(2)3)21-17-31(4)5)26-29-47-41(44)38(22-18-32(6)7)23-19-33(8)9;1-6-8-10-18(14-12-16(3)4)21(24)28-29-22(25)19(11-9-7-2)15-13-17(5)20(23)27-26;1-2/h33-41H,14-32H2,1-13H3;30-35,37-39H,14-29H2,1-13H3;16-19,26H,6-15H2,1-5H3;1-2H2. The monoisotopic (exact) mass is 1830 g/mol. The molecule has 0 amide bonds. The first-order valence-corrected chi connectivity index (χ1v) is 52.5. The van der Waals surface area contributed by atoms with Crippen molar-refractivity contribution < 1.29 is 86.7 Å². The van der Waals surface area contributed by atoms with E-state index < -0.39 is 29.7 Å². The number of rotatable bonds is 74. The lowest BCUT2D eigenvalue weighted by Gasteiger charge is -2.34. The Morgan fingerprint density at radius 3 is 0.589 bits per heavy atom. The zero-order valence-corrected chi connectivity index (χ0v) is 89.8. The van der Waals surface area contributed by atoms with Gasteiger partial charge in [0.1, 0.15) is 0 Å². The molecule has 3 unspecified atom stereocenters. The van der Waals surface area contributed by atoms with Crippen LogP contribution in [-0.4, -0.2) is 92.7 Å². The van der Waals surface area contributed by atoms with E-state index in [2.05, 4.69) is 225 Å². The molecule has 0 heterocycles. The van der Waals surface area contributed by atoms with Crippen LogP contribution in [0.3, 0.4) is 0 Å². The fraction of sp³-hybridized carbons (Fsp3) is 0.892. The van der Waals surface area contributed by atoms with Crippen LogP contribution in [0.25, 0.3) is 0 Å². The smallest absolute Gasteiger partial charge is 0.358 e. The number of hydrogen-bond donors (Lipinski definition) is 1. The van der Waals surface area contributed by atoms with Crippen LogP contribution in [0.15, 0.2) is 25.5 Å². The van der Waals surface area contributed by atoms with Gasteiger partial charge >= 0.3 is 47.8 Å². The van der Waals surface area contributed by atoms with Crippen LogP contribution in [0.5, 0.6) is 0 Å². The summed E-state index contributed by atoms with van der Waals surface area (Å²) in [5, 5.41) is 8.46. The van der Waals surface area contributed by atoms with E-state index in [9.17, 15) is 38.4 Å². The Kier molecular flexibility index (Phi) is 79.0. The molecule has 0 aliphatic heterocycles. The van der Waals surface area contributed by atoms with Crippen LogP contribution in [0, 0.1) is 141 Å². The maximum atomic E-state index is 13.4. The van der Waals surface area contributed by atoms with E-state index in [0.29, 0.717) is 167 Å². The van der Waals surface area contributed by atoms with E-state index in [4.69, 9.17) is 43.5 Å². The molecule has 0 saturated heterocycles. The molecule has 762 valence electrons. The molecule has 0 radical (unpaired) electrons. The minimum absolute atomic E-state index is 0.0407. The molecule has 0 aromatic heterocycles. The predicted octanol–water partition coefficient (Wildman–Crippen LogP) is 31.0. The first-order valence-electron chi connectivity index (χ1n) is 52.5. The predicted molar refractivity (Wildman–Crippen MR) is 535 cm³/mol. The molecule has 1 N–H and O–H groups in total. The van der Waals surface area contributed by atoms with Gasteiger partial charge in [-0.1, -0.05) is 330 Å². The molecule has 129 heavy (non-hydrogen) atoms. The van der Waals surface area contributed by atoms with Gasteiger partial charge in [-0.3, -0.25) is 24.0 Å². The zero-order chi connectivity index (χ0) is 99.4. The van der Waals surface area contributed by atoms with Gasteiger partial charge in [-0.05, 0) is 223 Å². The van der Waals surface area contributed by atoms with Crippen molar-refractivity contribution in [3.8, 4) is 0 Å². The largest absolute Gasteiger partial charge is 0.498 e. The summed E-state index contributed by atoms with van der Waals surface area (Å²) in [6.07, 6.45) is 32.1. The Morgan fingerprint density at radius 2 is 0.426 bits per heavy atom. The van der Waals surface area contributed by atoms with Gasteiger partial charge in [0.2, 0.25) is 0 Å². The van der Waals surface area contributed by atoms with E-state index in [1.165, 1.54) is 0 Å². The highest BCUT2D eigenvalue weighted by Crippen LogP contribution is 2.40. The summed E-state index contributed by atoms with van der Waals surface area (Å²) >= 11 is 0. The Hall–Kier alpha value is -5.00. The van der Waals surface area contributed by atoms with Crippen molar-refractivity contribution in [3.05, 3.63) is 25.5 Å². The summed E-state index contributed by atoms with van der Waals surface area (Å²) in [6.45, 7) is 79.9. The Labute approximate surface area is 794 Å². The Balaban J connectivity index is -0.000000931. The van der Waals surface area contributed by atoms with E-state index in [1.54, 1.807) is 6.92 Å². The number of hydrogen-bond acceptors (Lipinski definition) is 18. The zero-order valence-electron chi connectivity index (χ0n) is 89.8. The van der Waals surface area contributed by atoms with E-state index in [-0.39, 0.29) is 76.2 Å². The van der Waals surface area contributed by atoms with Gasteiger partial charge in [0.05, 0.1) is 92.7 Å². The van der Waals surface area contributed by atoms with Crippen molar-refractivity contribution in [2.45, 2.75) is 459 Å². The summed E-state index contributed by atoms with van der Waals surface area (Å²) in [7, 11) is 0. The Bertz CT molecular complexity index is 2590. The third kappa shape index (κ3) is 68.6. The average molecular weight is 1830 g/mol. The van der Waals surface area contributed by atoms with E-state index in [0.717, 1.165) is 205 Å². The van der Waals surface area contributed by atoms with Crippen LogP contribution >= 0.6 is 0 Å². The van der Waals surface area contributed by atoms with Gasteiger partial charge in [-0.15, -0.1) is 13.2 Å². The number of carbonyl (C=O) groups excluding carboxylic acids is 8. The molecular formula is C111H210O18. The average Bonchev–Trinajstić information content (AvgIpc) is 0.857. The van der Waals surface area contributed by atoms with Gasteiger partial charge in [-0.2, -0.15) is 5.26 Å². The van der Waals surface area contributed by atoms with Crippen LogP contribution in [0.4, 0.5) is 0 Å². The quantitative estimate of drug-likeness (QED) is 0.0149. The molecule has 0 bridgehead atoms.